The van der Waals surface area contributed by atoms with Crippen LogP contribution in [0, 0.1) is 5.92 Å². The number of carboxylic acids is 1. The van der Waals surface area contributed by atoms with Crippen molar-refractivity contribution in [2.45, 2.75) is 44.9 Å². The number of aliphatic carboxylic acids is 1. The predicted octanol–water partition coefficient (Wildman–Crippen LogP) is 5.81. The highest BCUT2D eigenvalue weighted by Gasteiger charge is 2.16. The summed E-state index contributed by atoms with van der Waals surface area (Å²) >= 11 is 0. The molecule has 2 aromatic carbocycles. The minimum absolute atomic E-state index is 0.137. The minimum Gasteiger partial charge on any atom is -0.493 e. The van der Waals surface area contributed by atoms with Crippen LogP contribution >= 0.6 is 0 Å². The number of carbonyl (C=O) groups is 1. The van der Waals surface area contributed by atoms with Crippen LogP contribution in [-0.2, 0) is 11.2 Å². The van der Waals surface area contributed by atoms with Crippen molar-refractivity contribution in [2.24, 2.45) is 5.92 Å². The smallest absolute Gasteiger partial charge is 0.303 e. The zero-order chi connectivity index (χ0) is 19.3. The second kappa shape index (κ2) is 8.51. The first-order chi connectivity index (χ1) is 13.7. The number of benzene rings is 2. The summed E-state index contributed by atoms with van der Waals surface area (Å²) in [7, 11) is 0. The molecule has 0 unspecified atom stereocenters. The van der Waals surface area contributed by atoms with E-state index in [0.29, 0.717) is 12.3 Å². The van der Waals surface area contributed by atoms with Gasteiger partial charge in [0.2, 0.25) is 0 Å². The molecule has 2 N–H and O–H groups in total. The maximum atomic E-state index is 11.0. The van der Waals surface area contributed by atoms with Crippen molar-refractivity contribution in [1.29, 1.82) is 0 Å². The molecule has 0 saturated heterocycles. The number of aromatic amines is 1. The van der Waals surface area contributed by atoms with Gasteiger partial charge in [0.15, 0.2) is 0 Å². The number of fused-ring (bicyclic) bond motifs is 1. The van der Waals surface area contributed by atoms with Crippen LogP contribution in [0.5, 0.6) is 5.75 Å². The highest BCUT2D eigenvalue weighted by molar-refractivity contribution is 5.86. The van der Waals surface area contributed by atoms with Gasteiger partial charge in [0.25, 0.3) is 0 Å². The van der Waals surface area contributed by atoms with E-state index in [-0.39, 0.29) is 6.42 Å². The predicted molar refractivity (Wildman–Crippen MR) is 112 cm³/mol. The summed E-state index contributed by atoms with van der Waals surface area (Å²) in [5, 5.41) is 10.2. The molecule has 0 aliphatic heterocycles. The molecule has 0 atom stereocenters. The van der Waals surface area contributed by atoms with Gasteiger partial charge in [-0.3, -0.25) is 4.79 Å². The van der Waals surface area contributed by atoms with E-state index >= 15 is 0 Å². The molecule has 0 spiro atoms. The highest BCUT2D eigenvalue weighted by atomic mass is 16.5. The van der Waals surface area contributed by atoms with Gasteiger partial charge in [-0.25, -0.2) is 0 Å². The lowest BCUT2D eigenvalue weighted by molar-refractivity contribution is -0.136. The molecule has 1 aromatic heterocycles. The number of hydrogen-bond donors (Lipinski definition) is 2. The fraction of sp³-hybridized carbons (Fsp3) is 0.375. The van der Waals surface area contributed by atoms with Gasteiger partial charge in [-0.2, -0.15) is 0 Å². The van der Waals surface area contributed by atoms with E-state index in [1.54, 1.807) is 0 Å². The molecule has 1 aliphatic rings. The quantitative estimate of drug-likeness (QED) is 0.546. The van der Waals surface area contributed by atoms with Gasteiger partial charge < -0.3 is 14.8 Å². The molecule has 4 heteroatoms. The summed E-state index contributed by atoms with van der Waals surface area (Å²) in [5.41, 5.74) is 4.27. The Morgan fingerprint density at radius 1 is 1.07 bits per heavy atom. The largest absolute Gasteiger partial charge is 0.493 e. The van der Waals surface area contributed by atoms with Gasteiger partial charge in [0.05, 0.1) is 6.61 Å². The number of rotatable bonds is 7. The van der Waals surface area contributed by atoms with E-state index in [9.17, 15) is 4.79 Å². The van der Waals surface area contributed by atoms with E-state index in [1.807, 2.05) is 18.3 Å². The molecule has 4 nitrogen and oxygen atoms in total. The number of ether oxygens (including phenoxy) is 1. The topological polar surface area (TPSA) is 62.3 Å². The normalized spacial score (nSPS) is 15.0. The summed E-state index contributed by atoms with van der Waals surface area (Å²) in [4.78, 5) is 14.2. The molecular formula is C24H27NO3. The third-order valence-corrected chi connectivity index (χ3v) is 5.74. The first kappa shape index (κ1) is 18.6. The average molecular weight is 377 g/mol. The minimum atomic E-state index is -0.770. The van der Waals surface area contributed by atoms with E-state index in [0.717, 1.165) is 39.9 Å². The molecule has 1 saturated carbocycles. The van der Waals surface area contributed by atoms with Crippen LogP contribution < -0.4 is 4.74 Å². The number of carboxylic acid groups (broad SMARTS) is 1. The van der Waals surface area contributed by atoms with Crippen LogP contribution in [-0.4, -0.2) is 22.7 Å². The Labute approximate surface area is 165 Å². The second-order valence-corrected chi connectivity index (χ2v) is 7.82. The van der Waals surface area contributed by atoms with Crippen molar-refractivity contribution < 1.29 is 14.6 Å². The fourth-order valence-electron chi connectivity index (χ4n) is 4.12. The van der Waals surface area contributed by atoms with Crippen LogP contribution in [0.25, 0.3) is 22.0 Å². The Morgan fingerprint density at radius 3 is 2.75 bits per heavy atom. The Morgan fingerprint density at radius 2 is 1.93 bits per heavy atom. The molecule has 146 valence electrons. The van der Waals surface area contributed by atoms with Crippen molar-refractivity contribution in [3.8, 4) is 16.9 Å². The maximum absolute atomic E-state index is 11.0. The van der Waals surface area contributed by atoms with Crippen molar-refractivity contribution in [3.63, 3.8) is 0 Å². The van der Waals surface area contributed by atoms with Gasteiger partial charge in [-0.1, -0.05) is 31.4 Å². The van der Waals surface area contributed by atoms with Gasteiger partial charge in [-0.05, 0) is 72.0 Å². The second-order valence-electron chi connectivity index (χ2n) is 7.82. The molecule has 4 rings (SSSR count). The summed E-state index contributed by atoms with van der Waals surface area (Å²) in [6.45, 7) is 0.758. The maximum Gasteiger partial charge on any atom is 0.303 e. The number of aromatic nitrogens is 1. The number of hydrogen-bond acceptors (Lipinski definition) is 2. The first-order valence-corrected chi connectivity index (χ1v) is 10.2. The van der Waals surface area contributed by atoms with E-state index in [2.05, 4.69) is 35.3 Å². The summed E-state index contributed by atoms with van der Waals surface area (Å²) in [6, 6.07) is 14.5. The summed E-state index contributed by atoms with van der Waals surface area (Å²) in [6.07, 6.45) is 9.06. The standard InChI is InChI=1S/C24H27NO3/c26-24(27)11-7-17-6-10-23(28-16-18-4-2-1-3-5-18)21(14-17)19-8-9-22-20(15-19)12-13-25-22/h6,8-10,12-15,18,25H,1-5,7,11,16H2,(H,26,27). The molecule has 0 amide bonds. The molecule has 1 heterocycles. The monoisotopic (exact) mass is 377 g/mol. The first-order valence-electron chi connectivity index (χ1n) is 10.2. The Kier molecular flexibility index (Phi) is 5.65. The van der Waals surface area contributed by atoms with E-state index in [4.69, 9.17) is 9.84 Å². The van der Waals surface area contributed by atoms with E-state index in [1.165, 1.54) is 32.1 Å². The van der Waals surface area contributed by atoms with Crippen LogP contribution in [0.3, 0.4) is 0 Å². The zero-order valence-corrected chi connectivity index (χ0v) is 16.1. The third kappa shape index (κ3) is 4.38. The van der Waals surface area contributed by atoms with Gasteiger partial charge in [0, 0.05) is 23.7 Å². The molecule has 1 fully saturated rings. The molecular weight excluding hydrogens is 350 g/mol. The molecule has 3 aromatic rings. The van der Waals surface area contributed by atoms with Gasteiger partial charge >= 0.3 is 5.97 Å². The molecule has 0 bridgehead atoms. The molecule has 1 aliphatic carbocycles. The third-order valence-electron chi connectivity index (χ3n) is 5.74. The summed E-state index contributed by atoms with van der Waals surface area (Å²) < 4.78 is 6.28. The Bertz CT molecular complexity index is 953. The van der Waals surface area contributed by atoms with Crippen molar-refractivity contribution >= 4 is 16.9 Å². The lowest BCUT2D eigenvalue weighted by Crippen LogP contribution is -2.15. The highest BCUT2D eigenvalue weighted by Crippen LogP contribution is 2.34. The van der Waals surface area contributed by atoms with Crippen LogP contribution in [0.15, 0.2) is 48.7 Å². The van der Waals surface area contributed by atoms with Crippen LogP contribution in [0.2, 0.25) is 0 Å². The Hall–Kier alpha value is -2.75. The molecule has 0 radical (unpaired) electrons. The average Bonchev–Trinajstić information content (AvgIpc) is 3.19. The number of nitrogens with one attached hydrogen (secondary N) is 1. The van der Waals surface area contributed by atoms with Gasteiger partial charge in [0.1, 0.15) is 5.75 Å². The zero-order valence-electron chi connectivity index (χ0n) is 16.1. The van der Waals surface area contributed by atoms with Crippen molar-refractivity contribution in [2.75, 3.05) is 6.61 Å². The van der Waals surface area contributed by atoms with Crippen molar-refractivity contribution in [1.82, 2.24) is 4.98 Å². The lowest BCUT2D eigenvalue weighted by Gasteiger charge is -2.22. The fourth-order valence-corrected chi connectivity index (χ4v) is 4.12. The summed E-state index contributed by atoms with van der Waals surface area (Å²) in [5.74, 6) is 0.757. The Balaban J connectivity index is 1.62. The number of H-pyrrole nitrogens is 1. The van der Waals surface area contributed by atoms with Crippen LogP contribution in [0.1, 0.15) is 44.1 Å². The molecule has 28 heavy (non-hydrogen) atoms. The lowest BCUT2D eigenvalue weighted by atomic mass is 9.90. The SMILES string of the molecule is O=C(O)CCc1ccc(OCC2CCCCC2)c(-c2ccc3[nH]ccc3c2)c1. The van der Waals surface area contributed by atoms with Crippen LogP contribution in [0.4, 0.5) is 0 Å². The van der Waals surface area contributed by atoms with Gasteiger partial charge in [-0.15, -0.1) is 0 Å². The number of aryl methyl sites for hydroxylation is 1. The van der Waals surface area contributed by atoms with E-state index < -0.39 is 5.97 Å². The van der Waals surface area contributed by atoms with Crippen molar-refractivity contribution in [3.05, 3.63) is 54.2 Å².